The summed E-state index contributed by atoms with van der Waals surface area (Å²) in [5.74, 6) is 1.31. The van der Waals surface area contributed by atoms with Gasteiger partial charge in [-0.1, -0.05) is 29.8 Å². The Balaban J connectivity index is 1.76. The number of aryl methyl sites for hydroxylation is 1. The quantitative estimate of drug-likeness (QED) is 0.542. The van der Waals surface area contributed by atoms with Crippen LogP contribution in [0.15, 0.2) is 41.5 Å². The number of fused-ring (bicyclic) bond motifs is 2. The Hall–Kier alpha value is -2.66. The van der Waals surface area contributed by atoms with Gasteiger partial charge in [-0.05, 0) is 31.9 Å². The average molecular weight is 350 g/mol. The zero-order valence-corrected chi connectivity index (χ0v) is 14.4. The van der Waals surface area contributed by atoms with Gasteiger partial charge in [-0.15, -0.1) is 0 Å². The molecule has 5 rings (SSSR count). The van der Waals surface area contributed by atoms with Gasteiger partial charge < -0.3 is 5.32 Å². The number of anilines is 2. The number of aliphatic imine (C=N–C) groups is 1. The highest BCUT2D eigenvalue weighted by Crippen LogP contribution is 2.42. The van der Waals surface area contributed by atoms with Crippen LogP contribution in [0.4, 0.5) is 17.2 Å². The van der Waals surface area contributed by atoms with Crippen LogP contribution in [-0.2, 0) is 0 Å². The van der Waals surface area contributed by atoms with E-state index in [1.807, 2.05) is 37.4 Å². The molecule has 2 aliphatic rings. The average Bonchev–Trinajstić information content (AvgIpc) is 3.42. The standard InChI is InChI=1S/C19H16ClN5/c1-10-17-19(25-24-10)22-16-8-15(11-6-7-11)21-9-13(16)18(23-17)12-4-2-3-5-14(12)20/h2-5,8-9,11H,6-7H2,1H3,(H2,22,24,25). The molecular formula is C19H16ClN5. The van der Waals surface area contributed by atoms with E-state index in [4.69, 9.17) is 16.6 Å². The number of benzene rings is 1. The Morgan fingerprint density at radius 1 is 1.16 bits per heavy atom. The summed E-state index contributed by atoms with van der Waals surface area (Å²) >= 11 is 6.46. The molecule has 1 saturated carbocycles. The topological polar surface area (TPSA) is 66.0 Å². The Bertz CT molecular complexity index is 1020. The summed E-state index contributed by atoms with van der Waals surface area (Å²) in [6, 6.07) is 9.88. The van der Waals surface area contributed by atoms with Crippen LogP contribution in [0.3, 0.4) is 0 Å². The van der Waals surface area contributed by atoms with E-state index in [0.29, 0.717) is 10.9 Å². The molecule has 0 unspecified atom stereocenters. The number of hydrogen-bond acceptors (Lipinski definition) is 4. The van der Waals surface area contributed by atoms with Crippen molar-refractivity contribution in [2.45, 2.75) is 25.7 Å². The van der Waals surface area contributed by atoms with E-state index < -0.39 is 0 Å². The molecule has 124 valence electrons. The van der Waals surface area contributed by atoms with E-state index in [1.165, 1.54) is 12.8 Å². The maximum atomic E-state index is 6.46. The van der Waals surface area contributed by atoms with Crippen LogP contribution in [0.2, 0.25) is 5.02 Å². The molecule has 1 fully saturated rings. The van der Waals surface area contributed by atoms with Crippen LogP contribution in [0.1, 0.15) is 41.3 Å². The Labute approximate surface area is 150 Å². The van der Waals surface area contributed by atoms with Crippen molar-refractivity contribution in [1.29, 1.82) is 0 Å². The molecule has 1 aliphatic heterocycles. The molecule has 2 aromatic heterocycles. The number of aromatic nitrogens is 3. The SMILES string of the molecule is Cc1[nH]nc2c1N=C(c1ccccc1Cl)c1cnc(C3CC3)cc1N2. The van der Waals surface area contributed by atoms with Crippen LogP contribution in [0.25, 0.3) is 0 Å². The lowest BCUT2D eigenvalue weighted by Gasteiger charge is -2.12. The molecule has 2 N–H and O–H groups in total. The minimum absolute atomic E-state index is 0.580. The lowest BCUT2D eigenvalue weighted by molar-refractivity contribution is 1.02. The van der Waals surface area contributed by atoms with Crippen molar-refractivity contribution < 1.29 is 0 Å². The molecule has 0 bridgehead atoms. The van der Waals surface area contributed by atoms with Crippen molar-refractivity contribution in [1.82, 2.24) is 15.2 Å². The third-order valence-electron chi connectivity index (χ3n) is 4.70. The van der Waals surface area contributed by atoms with Gasteiger partial charge in [0, 0.05) is 34.0 Å². The first kappa shape index (κ1) is 14.7. The summed E-state index contributed by atoms with van der Waals surface area (Å²) in [5.41, 5.74) is 6.46. The molecule has 5 nitrogen and oxygen atoms in total. The minimum atomic E-state index is 0.580. The van der Waals surface area contributed by atoms with Gasteiger partial charge in [0.2, 0.25) is 0 Å². The Morgan fingerprint density at radius 2 is 2.00 bits per heavy atom. The summed E-state index contributed by atoms with van der Waals surface area (Å²) < 4.78 is 0. The van der Waals surface area contributed by atoms with Gasteiger partial charge in [-0.25, -0.2) is 4.99 Å². The zero-order valence-electron chi connectivity index (χ0n) is 13.7. The van der Waals surface area contributed by atoms with E-state index in [-0.39, 0.29) is 0 Å². The van der Waals surface area contributed by atoms with Gasteiger partial charge in [-0.2, -0.15) is 5.10 Å². The predicted molar refractivity (Wildman–Crippen MR) is 99.6 cm³/mol. The molecule has 3 heterocycles. The van der Waals surface area contributed by atoms with Crippen molar-refractivity contribution in [2.24, 2.45) is 4.99 Å². The highest BCUT2D eigenvalue weighted by Gasteiger charge is 2.28. The largest absolute Gasteiger partial charge is 0.336 e. The number of aromatic amines is 1. The molecule has 0 spiro atoms. The molecule has 0 saturated heterocycles. The maximum absolute atomic E-state index is 6.46. The number of nitrogens with zero attached hydrogens (tertiary/aromatic N) is 3. The fraction of sp³-hybridized carbons (Fsp3) is 0.211. The molecule has 0 atom stereocenters. The van der Waals surface area contributed by atoms with Crippen LogP contribution < -0.4 is 5.32 Å². The van der Waals surface area contributed by atoms with Gasteiger partial charge in [-0.3, -0.25) is 10.1 Å². The van der Waals surface area contributed by atoms with E-state index >= 15 is 0 Å². The fourth-order valence-corrected chi connectivity index (χ4v) is 3.40. The van der Waals surface area contributed by atoms with Crippen molar-refractivity contribution in [3.05, 3.63) is 64.1 Å². The summed E-state index contributed by atoms with van der Waals surface area (Å²) in [6.07, 6.45) is 4.33. The van der Waals surface area contributed by atoms with Gasteiger partial charge in [0.1, 0.15) is 5.69 Å². The second-order valence-corrected chi connectivity index (χ2v) is 6.95. The lowest BCUT2D eigenvalue weighted by atomic mass is 10.0. The molecule has 3 aromatic rings. The number of nitrogens with one attached hydrogen (secondary N) is 2. The number of hydrogen-bond donors (Lipinski definition) is 2. The van der Waals surface area contributed by atoms with Crippen molar-refractivity contribution in [3.8, 4) is 0 Å². The van der Waals surface area contributed by atoms with Crippen LogP contribution >= 0.6 is 11.6 Å². The molecule has 1 aromatic carbocycles. The summed E-state index contributed by atoms with van der Waals surface area (Å²) in [7, 11) is 0. The van der Waals surface area contributed by atoms with Crippen molar-refractivity contribution >= 4 is 34.5 Å². The van der Waals surface area contributed by atoms with Gasteiger partial charge in [0.05, 0.1) is 17.1 Å². The highest BCUT2D eigenvalue weighted by molar-refractivity contribution is 6.36. The van der Waals surface area contributed by atoms with E-state index in [9.17, 15) is 0 Å². The molecule has 25 heavy (non-hydrogen) atoms. The first-order chi connectivity index (χ1) is 12.2. The summed E-state index contributed by atoms with van der Waals surface area (Å²) in [5, 5.41) is 11.5. The maximum Gasteiger partial charge on any atom is 0.178 e. The van der Waals surface area contributed by atoms with Gasteiger partial charge in [0.15, 0.2) is 5.82 Å². The van der Waals surface area contributed by atoms with Crippen molar-refractivity contribution in [2.75, 3.05) is 5.32 Å². The van der Waals surface area contributed by atoms with Crippen LogP contribution in [0.5, 0.6) is 0 Å². The number of rotatable bonds is 2. The number of pyridine rings is 1. The highest BCUT2D eigenvalue weighted by atomic mass is 35.5. The molecule has 6 heteroatoms. The second kappa shape index (κ2) is 5.43. The van der Waals surface area contributed by atoms with Crippen LogP contribution in [0, 0.1) is 6.92 Å². The fourth-order valence-electron chi connectivity index (χ4n) is 3.17. The molecular weight excluding hydrogens is 334 g/mol. The monoisotopic (exact) mass is 349 g/mol. The normalized spacial score (nSPS) is 15.7. The van der Waals surface area contributed by atoms with Gasteiger partial charge >= 0.3 is 0 Å². The smallest absolute Gasteiger partial charge is 0.178 e. The minimum Gasteiger partial charge on any atom is -0.336 e. The third kappa shape index (κ3) is 2.43. The Kier molecular flexibility index (Phi) is 3.18. The van der Waals surface area contributed by atoms with E-state index in [0.717, 1.165) is 45.4 Å². The van der Waals surface area contributed by atoms with Crippen LogP contribution in [-0.4, -0.2) is 20.9 Å². The Morgan fingerprint density at radius 3 is 2.80 bits per heavy atom. The predicted octanol–water partition coefficient (Wildman–Crippen LogP) is 4.87. The number of H-pyrrole nitrogens is 1. The first-order valence-corrected chi connectivity index (χ1v) is 8.74. The van der Waals surface area contributed by atoms with Gasteiger partial charge in [0.25, 0.3) is 0 Å². The molecule has 1 aliphatic carbocycles. The lowest BCUT2D eigenvalue weighted by Crippen LogP contribution is -2.07. The second-order valence-electron chi connectivity index (χ2n) is 6.54. The summed E-state index contributed by atoms with van der Waals surface area (Å²) in [6.45, 7) is 1.96. The number of halogens is 1. The third-order valence-corrected chi connectivity index (χ3v) is 5.03. The molecule has 0 amide bonds. The first-order valence-electron chi connectivity index (χ1n) is 8.36. The summed E-state index contributed by atoms with van der Waals surface area (Å²) in [4.78, 5) is 9.58. The van der Waals surface area contributed by atoms with Crippen molar-refractivity contribution in [3.63, 3.8) is 0 Å². The molecule has 0 radical (unpaired) electrons. The zero-order chi connectivity index (χ0) is 17.0. The van der Waals surface area contributed by atoms with E-state index in [2.05, 4.69) is 26.6 Å². The van der Waals surface area contributed by atoms with E-state index in [1.54, 1.807) is 0 Å².